The number of hydrogen-bond acceptors (Lipinski definition) is 5. The molecule has 1 aromatic rings. The van der Waals surface area contributed by atoms with Gasteiger partial charge in [0.15, 0.2) is 0 Å². The maximum atomic E-state index is 9.04. The van der Waals surface area contributed by atoms with Gasteiger partial charge < -0.3 is 10.6 Å². The highest BCUT2D eigenvalue weighted by atomic mass is 15.3. The largest absolute Gasteiger partial charge is 0.384 e. The SMILES string of the molecule is CC(C)(C#N)CCN1CCN(c2ccc(N)nc2)CC1. The Kier molecular flexibility index (Phi) is 4.46. The molecule has 1 aliphatic heterocycles. The molecule has 0 radical (unpaired) electrons. The van der Waals surface area contributed by atoms with Crippen LogP contribution in [-0.2, 0) is 0 Å². The van der Waals surface area contributed by atoms with Crippen LogP contribution >= 0.6 is 0 Å². The first-order valence-corrected chi connectivity index (χ1v) is 7.10. The molecule has 1 saturated heterocycles. The highest BCUT2D eigenvalue weighted by Gasteiger charge is 2.21. The van der Waals surface area contributed by atoms with E-state index in [0.29, 0.717) is 5.82 Å². The van der Waals surface area contributed by atoms with Gasteiger partial charge in [-0.15, -0.1) is 0 Å². The van der Waals surface area contributed by atoms with Gasteiger partial charge in [0.05, 0.1) is 23.4 Å². The molecular formula is C15H23N5. The summed E-state index contributed by atoms with van der Waals surface area (Å²) in [5.41, 5.74) is 6.52. The van der Waals surface area contributed by atoms with Crippen molar-refractivity contribution in [1.82, 2.24) is 9.88 Å². The zero-order valence-corrected chi connectivity index (χ0v) is 12.3. The van der Waals surface area contributed by atoms with E-state index < -0.39 is 0 Å². The Morgan fingerprint density at radius 2 is 2.00 bits per heavy atom. The maximum absolute atomic E-state index is 9.04. The van der Waals surface area contributed by atoms with E-state index in [1.165, 1.54) is 0 Å². The molecule has 0 unspecified atom stereocenters. The number of nitrogens with two attached hydrogens (primary N) is 1. The van der Waals surface area contributed by atoms with E-state index in [9.17, 15) is 0 Å². The predicted octanol–water partition coefficient (Wildman–Crippen LogP) is 1.73. The Bertz CT molecular complexity index is 466. The second kappa shape index (κ2) is 6.10. The van der Waals surface area contributed by atoms with E-state index in [0.717, 1.165) is 44.8 Å². The van der Waals surface area contributed by atoms with Gasteiger partial charge in [0.2, 0.25) is 0 Å². The molecule has 0 spiro atoms. The van der Waals surface area contributed by atoms with Crippen molar-refractivity contribution in [2.24, 2.45) is 5.41 Å². The molecule has 0 bridgehead atoms. The van der Waals surface area contributed by atoms with Crippen molar-refractivity contribution in [2.75, 3.05) is 43.4 Å². The molecule has 2 heterocycles. The molecule has 1 fully saturated rings. The van der Waals surface area contributed by atoms with Crippen molar-refractivity contribution < 1.29 is 0 Å². The average molecular weight is 273 g/mol. The predicted molar refractivity (Wildman–Crippen MR) is 81.3 cm³/mol. The molecule has 20 heavy (non-hydrogen) atoms. The summed E-state index contributed by atoms with van der Waals surface area (Å²) in [6.45, 7) is 9.07. The van der Waals surface area contributed by atoms with Crippen LogP contribution in [0.3, 0.4) is 0 Å². The Hall–Kier alpha value is -1.80. The average Bonchev–Trinajstić information content (AvgIpc) is 2.47. The van der Waals surface area contributed by atoms with Crippen LogP contribution in [0.25, 0.3) is 0 Å². The zero-order chi connectivity index (χ0) is 14.6. The van der Waals surface area contributed by atoms with E-state index in [1.54, 1.807) is 0 Å². The lowest BCUT2D eigenvalue weighted by Crippen LogP contribution is -2.47. The van der Waals surface area contributed by atoms with Crippen LogP contribution in [0, 0.1) is 16.7 Å². The number of piperazine rings is 1. The van der Waals surface area contributed by atoms with Gasteiger partial charge in [0.1, 0.15) is 5.82 Å². The summed E-state index contributed by atoms with van der Waals surface area (Å²) in [6, 6.07) is 6.23. The lowest BCUT2D eigenvalue weighted by Gasteiger charge is -2.36. The highest BCUT2D eigenvalue weighted by molar-refractivity contribution is 5.48. The van der Waals surface area contributed by atoms with E-state index in [1.807, 2.05) is 32.2 Å². The quantitative estimate of drug-likeness (QED) is 0.904. The van der Waals surface area contributed by atoms with E-state index in [2.05, 4.69) is 20.9 Å². The van der Waals surface area contributed by atoms with Gasteiger partial charge in [0, 0.05) is 26.2 Å². The van der Waals surface area contributed by atoms with Crippen LogP contribution in [0.15, 0.2) is 18.3 Å². The summed E-state index contributed by atoms with van der Waals surface area (Å²) in [4.78, 5) is 8.90. The Balaban J connectivity index is 1.81. The van der Waals surface area contributed by atoms with Gasteiger partial charge in [-0.05, 0) is 38.9 Å². The molecule has 5 nitrogen and oxygen atoms in total. The van der Waals surface area contributed by atoms with Crippen molar-refractivity contribution in [1.29, 1.82) is 5.26 Å². The molecule has 1 aliphatic rings. The fraction of sp³-hybridized carbons (Fsp3) is 0.600. The normalized spacial score (nSPS) is 16.9. The van der Waals surface area contributed by atoms with Crippen LogP contribution in [0.4, 0.5) is 11.5 Å². The first kappa shape index (κ1) is 14.6. The van der Waals surface area contributed by atoms with Gasteiger partial charge >= 0.3 is 0 Å². The minimum atomic E-state index is -0.224. The molecule has 0 atom stereocenters. The van der Waals surface area contributed by atoms with Crippen molar-refractivity contribution in [2.45, 2.75) is 20.3 Å². The van der Waals surface area contributed by atoms with Crippen LogP contribution in [0.2, 0.25) is 0 Å². The monoisotopic (exact) mass is 273 g/mol. The number of nitrogens with zero attached hydrogens (tertiary/aromatic N) is 4. The second-order valence-corrected chi connectivity index (χ2v) is 6.02. The van der Waals surface area contributed by atoms with E-state index >= 15 is 0 Å². The van der Waals surface area contributed by atoms with Crippen LogP contribution in [-0.4, -0.2) is 42.6 Å². The van der Waals surface area contributed by atoms with Crippen molar-refractivity contribution >= 4 is 11.5 Å². The van der Waals surface area contributed by atoms with Crippen LogP contribution in [0.5, 0.6) is 0 Å². The summed E-state index contributed by atoms with van der Waals surface area (Å²) in [5.74, 6) is 0.561. The first-order chi connectivity index (χ1) is 9.50. The lowest BCUT2D eigenvalue weighted by molar-refractivity contribution is 0.230. The second-order valence-electron chi connectivity index (χ2n) is 6.02. The van der Waals surface area contributed by atoms with Gasteiger partial charge in [-0.3, -0.25) is 4.90 Å². The number of aromatic nitrogens is 1. The van der Waals surface area contributed by atoms with Gasteiger partial charge in [0.25, 0.3) is 0 Å². The topological polar surface area (TPSA) is 69.2 Å². The Morgan fingerprint density at radius 3 is 2.55 bits per heavy atom. The Morgan fingerprint density at radius 1 is 1.30 bits per heavy atom. The number of anilines is 2. The third-order valence-corrected chi connectivity index (χ3v) is 3.86. The third kappa shape index (κ3) is 3.84. The summed E-state index contributed by atoms with van der Waals surface area (Å²) < 4.78 is 0. The van der Waals surface area contributed by atoms with E-state index in [4.69, 9.17) is 11.0 Å². The molecule has 108 valence electrons. The van der Waals surface area contributed by atoms with Gasteiger partial charge in [-0.25, -0.2) is 4.98 Å². The number of nitriles is 1. The number of pyridine rings is 1. The van der Waals surface area contributed by atoms with Crippen molar-refractivity contribution in [3.05, 3.63) is 18.3 Å². The summed E-state index contributed by atoms with van der Waals surface area (Å²) in [5, 5.41) is 9.04. The molecule has 0 aliphatic carbocycles. The van der Waals surface area contributed by atoms with Crippen LogP contribution in [0.1, 0.15) is 20.3 Å². The minimum Gasteiger partial charge on any atom is -0.384 e. The zero-order valence-electron chi connectivity index (χ0n) is 12.3. The number of rotatable bonds is 4. The summed E-state index contributed by atoms with van der Waals surface area (Å²) in [7, 11) is 0. The fourth-order valence-electron chi connectivity index (χ4n) is 2.31. The van der Waals surface area contributed by atoms with Gasteiger partial charge in [-0.2, -0.15) is 5.26 Å². The summed E-state index contributed by atoms with van der Waals surface area (Å²) >= 11 is 0. The molecule has 0 aromatic carbocycles. The van der Waals surface area contributed by atoms with Crippen LogP contribution < -0.4 is 10.6 Å². The standard InChI is InChI=1S/C15H23N5/c1-15(2,12-16)5-6-19-7-9-20(10-8-19)13-3-4-14(17)18-11-13/h3-4,11H,5-10H2,1-2H3,(H2,17,18). The fourth-order valence-corrected chi connectivity index (χ4v) is 2.31. The maximum Gasteiger partial charge on any atom is 0.123 e. The highest BCUT2D eigenvalue weighted by Crippen LogP contribution is 2.20. The molecule has 0 saturated carbocycles. The van der Waals surface area contributed by atoms with Crippen molar-refractivity contribution in [3.63, 3.8) is 0 Å². The lowest BCUT2D eigenvalue weighted by atomic mass is 9.91. The smallest absolute Gasteiger partial charge is 0.123 e. The minimum absolute atomic E-state index is 0.224. The molecule has 1 aromatic heterocycles. The molecule has 0 amide bonds. The van der Waals surface area contributed by atoms with Crippen molar-refractivity contribution in [3.8, 4) is 6.07 Å². The molecule has 2 N–H and O–H groups in total. The van der Waals surface area contributed by atoms with E-state index in [-0.39, 0.29) is 5.41 Å². The number of nitrogen functional groups attached to an aromatic ring is 1. The molecular weight excluding hydrogens is 250 g/mol. The summed E-state index contributed by atoms with van der Waals surface area (Å²) in [6.07, 6.45) is 2.76. The first-order valence-electron chi connectivity index (χ1n) is 7.10. The molecule has 5 heteroatoms. The molecule has 2 rings (SSSR count). The Labute approximate surface area is 121 Å². The third-order valence-electron chi connectivity index (χ3n) is 3.86. The number of hydrogen-bond donors (Lipinski definition) is 1. The van der Waals surface area contributed by atoms with Gasteiger partial charge in [-0.1, -0.05) is 0 Å².